The molecule has 0 aliphatic carbocycles. The van der Waals surface area contributed by atoms with Gasteiger partial charge in [0.2, 0.25) is 0 Å². The fourth-order valence-electron chi connectivity index (χ4n) is 3.39. The van der Waals surface area contributed by atoms with E-state index in [1.165, 1.54) is 23.5 Å². The lowest BCUT2D eigenvalue weighted by Crippen LogP contribution is -2.32. The maximum Gasteiger partial charge on any atom is 0.270 e. The molecule has 1 aromatic carbocycles. The van der Waals surface area contributed by atoms with E-state index < -0.39 is 5.82 Å². The van der Waals surface area contributed by atoms with Crippen molar-refractivity contribution in [3.63, 3.8) is 0 Å². The van der Waals surface area contributed by atoms with E-state index >= 15 is 0 Å². The summed E-state index contributed by atoms with van der Waals surface area (Å²) in [6.07, 6.45) is 2.69. The molecule has 0 fully saturated rings. The van der Waals surface area contributed by atoms with Gasteiger partial charge < -0.3 is 19.7 Å². The lowest BCUT2D eigenvalue weighted by atomic mass is 10.1. The van der Waals surface area contributed by atoms with Crippen molar-refractivity contribution in [1.29, 1.82) is 0 Å². The molecule has 0 unspecified atom stereocenters. The first-order valence-electron chi connectivity index (χ1n) is 10.9. The number of carbonyl (C=O) groups is 2. The van der Waals surface area contributed by atoms with Gasteiger partial charge in [-0.05, 0) is 44.8 Å². The summed E-state index contributed by atoms with van der Waals surface area (Å²) in [5.74, 6) is -1.02. The number of aromatic nitrogens is 2. The van der Waals surface area contributed by atoms with Crippen LogP contribution in [0, 0.1) is 5.82 Å². The first-order chi connectivity index (χ1) is 15.9. The molecule has 3 rings (SSSR count). The van der Waals surface area contributed by atoms with Gasteiger partial charge in [-0.2, -0.15) is 0 Å². The molecule has 7 nitrogen and oxygen atoms in total. The number of hydrogen-bond donors (Lipinski definition) is 1. The first kappa shape index (κ1) is 24.6. The largest absolute Gasteiger partial charge is 0.349 e. The number of nitrogens with zero attached hydrogens (tertiary/aromatic N) is 4. The van der Waals surface area contributed by atoms with Gasteiger partial charge >= 0.3 is 0 Å². The van der Waals surface area contributed by atoms with Gasteiger partial charge in [-0.25, -0.2) is 9.37 Å². The fourth-order valence-corrected chi connectivity index (χ4v) is 4.16. The van der Waals surface area contributed by atoms with Crippen LogP contribution in [-0.2, 0) is 13.1 Å². The van der Waals surface area contributed by atoms with Gasteiger partial charge in [0.1, 0.15) is 16.5 Å². The molecule has 0 saturated heterocycles. The van der Waals surface area contributed by atoms with Crippen LogP contribution in [0.2, 0.25) is 0 Å². The van der Waals surface area contributed by atoms with Crippen molar-refractivity contribution < 1.29 is 14.0 Å². The Morgan fingerprint density at radius 3 is 2.67 bits per heavy atom. The van der Waals surface area contributed by atoms with E-state index in [1.54, 1.807) is 22.4 Å². The average Bonchev–Trinajstić information content (AvgIpc) is 3.43. The van der Waals surface area contributed by atoms with Crippen molar-refractivity contribution in [1.82, 2.24) is 24.7 Å². The molecule has 176 valence electrons. The van der Waals surface area contributed by atoms with Crippen molar-refractivity contribution in [3.05, 3.63) is 75.8 Å². The lowest BCUT2D eigenvalue weighted by Gasteiger charge is -2.23. The standard InChI is InChI=1S/C24H30FN5O2S/c1-4-12-30(24(32)19-9-5-6-10-20(19)25)15-18-8-7-13-29(18)16-22-27-21(17-33-22)23(31)26-11-14-28(2)3/h5-10,13,17H,4,11-12,14-16H2,1-3H3,(H,26,31). The van der Waals surface area contributed by atoms with Crippen LogP contribution in [0.25, 0.3) is 0 Å². The Balaban J connectivity index is 1.68. The maximum absolute atomic E-state index is 14.2. The van der Waals surface area contributed by atoms with Crippen LogP contribution in [-0.4, -0.2) is 64.9 Å². The highest BCUT2D eigenvalue weighted by molar-refractivity contribution is 7.09. The van der Waals surface area contributed by atoms with Crippen molar-refractivity contribution in [2.24, 2.45) is 0 Å². The summed E-state index contributed by atoms with van der Waals surface area (Å²) < 4.78 is 16.2. The van der Waals surface area contributed by atoms with Crippen LogP contribution in [0.15, 0.2) is 48.0 Å². The highest BCUT2D eigenvalue weighted by atomic mass is 32.1. The van der Waals surface area contributed by atoms with E-state index in [1.807, 2.05) is 48.8 Å². The molecule has 0 saturated carbocycles. The number of nitrogens with one attached hydrogen (secondary N) is 1. The second-order valence-electron chi connectivity index (χ2n) is 8.02. The Hall–Kier alpha value is -3.04. The molecule has 2 heterocycles. The SMILES string of the molecule is CCCN(Cc1cccn1Cc1nc(C(=O)NCCN(C)C)cs1)C(=O)c1ccccc1F. The van der Waals surface area contributed by atoms with Gasteiger partial charge in [-0.1, -0.05) is 19.1 Å². The number of thiazole rings is 1. The normalized spacial score (nSPS) is 11.1. The van der Waals surface area contributed by atoms with E-state index in [0.717, 1.165) is 23.7 Å². The highest BCUT2D eigenvalue weighted by Gasteiger charge is 2.20. The predicted molar refractivity (Wildman–Crippen MR) is 128 cm³/mol. The van der Waals surface area contributed by atoms with Crippen LogP contribution >= 0.6 is 11.3 Å². The average molecular weight is 472 g/mol. The minimum atomic E-state index is -0.516. The fraction of sp³-hybridized carbons (Fsp3) is 0.375. The Morgan fingerprint density at radius 1 is 1.15 bits per heavy atom. The number of halogens is 1. The Labute approximate surface area is 197 Å². The second-order valence-corrected chi connectivity index (χ2v) is 8.96. The summed E-state index contributed by atoms with van der Waals surface area (Å²) in [4.78, 5) is 33.4. The molecule has 0 spiro atoms. The third kappa shape index (κ3) is 6.72. The molecule has 0 atom stereocenters. The molecular formula is C24H30FN5O2S. The number of hydrogen-bond acceptors (Lipinski definition) is 5. The molecule has 2 amide bonds. The monoisotopic (exact) mass is 471 g/mol. The lowest BCUT2D eigenvalue weighted by molar-refractivity contribution is 0.0734. The van der Waals surface area contributed by atoms with Crippen molar-refractivity contribution in [2.45, 2.75) is 26.4 Å². The first-order valence-corrected chi connectivity index (χ1v) is 11.8. The number of benzene rings is 1. The Morgan fingerprint density at radius 2 is 1.94 bits per heavy atom. The van der Waals surface area contributed by atoms with Crippen molar-refractivity contribution >= 4 is 23.2 Å². The zero-order valence-electron chi connectivity index (χ0n) is 19.3. The van der Waals surface area contributed by atoms with Gasteiger partial charge in [0.15, 0.2) is 0 Å². The van der Waals surface area contributed by atoms with Gasteiger partial charge in [-0.15, -0.1) is 11.3 Å². The molecule has 0 bridgehead atoms. The van der Waals surface area contributed by atoms with Gasteiger partial charge in [-0.3, -0.25) is 9.59 Å². The Kier molecular flexibility index (Phi) is 8.73. The topological polar surface area (TPSA) is 70.5 Å². The summed E-state index contributed by atoms with van der Waals surface area (Å²) in [6, 6.07) is 9.91. The number of likely N-dealkylation sites (N-methyl/N-ethyl adjacent to an activating group) is 1. The van der Waals surface area contributed by atoms with Gasteiger partial charge in [0.05, 0.1) is 18.7 Å². The molecular weight excluding hydrogens is 441 g/mol. The summed E-state index contributed by atoms with van der Waals surface area (Å²) in [5, 5.41) is 5.43. The van der Waals surface area contributed by atoms with Crippen LogP contribution in [0.5, 0.6) is 0 Å². The predicted octanol–water partition coefficient (Wildman–Crippen LogP) is 3.48. The van der Waals surface area contributed by atoms with Crippen LogP contribution in [0.1, 0.15) is 44.9 Å². The number of rotatable bonds is 11. The quantitative estimate of drug-likeness (QED) is 0.465. The third-order valence-corrected chi connectivity index (χ3v) is 5.93. The van der Waals surface area contributed by atoms with Crippen molar-refractivity contribution in [2.75, 3.05) is 33.7 Å². The molecule has 1 N–H and O–H groups in total. The summed E-state index contributed by atoms with van der Waals surface area (Å²) in [7, 11) is 3.90. The van der Waals surface area contributed by atoms with E-state index in [-0.39, 0.29) is 17.4 Å². The zero-order chi connectivity index (χ0) is 23.8. The van der Waals surface area contributed by atoms with Gasteiger partial charge in [0, 0.05) is 36.9 Å². The molecule has 0 aliphatic rings. The van der Waals surface area contributed by atoms with E-state index in [4.69, 9.17) is 0 Å². The van der Waals surface area contributed by atoms with Crippen LogP contribution in [0.4, 0.5) is 4.39 Å². The molecule has 2 aromatic heterocycles. The Bertz CT molecular complexity index is 1080. The van der Waals surface area contributed by atoms with Crippen LogP contribution in [0.3, 0.4) is 0 Å². The van der Waals surface area contributed by atoms with E-state index in [0.29, 0.717) is 31.9 Å². The summed E-state index contributed by atoms with van der Waals surface area (Å²) in [6.45, 7) is 4.68. The maximum atomic E-state index is 14.2. The smallest absolute Gasteiger partial charge is 0.270 e. The number of amides is 2. The zero-order valence-corrected chi connectivity index (χ0v) is 20.1. The number of carbonyl (C=O) groups excluding carboxylic acids is 2. The highest BCUT2D eigenvalue weighted by Crippen LogP contribution is 2.17. The molecule has 9 heteroatoms. The van der Waals surface area contributed by atoms with E-state index in [2.05, 4.69) is 10.3 Å². The van der Waals surface area contributed by atoms with Gasteiger partial charge in [0.25, 0.3) is 11.8 Å². The van der Waals surface area contributed by atoms with Crippen molar-refractivity contribution in [3.8, 4) is 0 Å². The minimum Gasteiger partial charge on any atom is -0.349 e. The minimum absolute atomic E-state index is 0.0777. The summed E-state index contributed by atoms with van der Waals surface area (Å²) in [5.41, 5.74) is 1.40. The second kappa shape index (κ2) is 11.7. The van der Waals surface area contributed by atoms with Crippen LogP contribution < -0.4 is 5.32 Å². The molecule has 0 aliphatic heterocycles. The molecule has 3 aromatic rings. The molecule has 33 heavy (non-hydrogen) atoms. The van der Waals surface area contributed by atoms with E-state index in [9.17, 15) is 14.0 Å². The summed E-state index contributed by atoms with van der Waals surface area (Å²) >= 11 is 1.43. The molecule has 0 radical (unpaired) electrons. The third-order valence-electron chi connectivity index (χ3n) is 5.10.